The quantitative estimate of drug-likeness (QED) is 0.328. The van der Waals surface area contributed by atoms with Gasteiger partial charge in [-0.2, -0.15) is 0 Å². The van der Waals surface area contributed by atoms with E-state index in [2.05, 4.69) is 25.1 Å². The van der Waals surface area contributed by atoms with E-state index in [1.165, 1.54) is 12.4 Å². The summed E-state index contributed by atoms with van der Waals surface area (Å²) in [6, 6.07) is 22.0. The van der Waals surface area contributed by atoms with Gasteiger partial charge in [-0.1, -0.05) is 60.7 Å². The van der Waals surface area contributed by atoms with Gasteiger partial charge in [0.2, 0.25) is 5.82 Å². The summed E-state index contributed by atoms with van der Waals surface area (Å²) in [5.74, 6) is 0.846. The lowest BCUT2D eigenvalue weighted by molar-refractivity contribution is 0.489. The molecule has 0 saturated heterocycles. The maximum absolute atomic E-state index is 12.9. The topological polar surface area (TPSA) is 114 Å². The largest absolute Gasteiger partial charge is 0.364 e. The maximum atomic E-state index is 12.9. The molecule has 0 aliphatic rings. The van der Waals surface area contributed by atoms with E-state index in [1.807, 2.05) is 72.9 Å². The lowest BCUT2D eigenvalue weighted by Gasteiger charge is -2.19. The van der Waals surface area contributed by atoms with Gasteiger partial charge in [0.15, 0.2) is 10.8 Å². The van der Waals surface area contributed by atoms with Gasteiger partial charge in [-0.05, 0) is 38.0 Å². The number of aromatic nitrogens is 5. The fourth-order valence-electron chi connectivity index (χ4n) is 3.93. The van der Waals surface area contributed by atoms with E-state index >= 15 is 0 Å². The highest BCUT2D eigenvalue weighted by Gasteiger charge is 2.25. The Bertz CT molecular complexity index is 1650. The molecule has 0 amide bonds. The molecule has 0 radical (unpaired) electrons. The molecular formula is C27H27N7O2S. The maximum Gasteiger partial charge on any atom is 0.260 e. The van der Waals surface area contributed by atoms with Gasteiger partial charge in [0.1, 0.15) is 11.2 Å². The molecule has 10 heteroatoms. The number of hydrogen-bond donors (Lipinski definition) is 2. The summed E-state index contributed by atoms with van der Waals surface area (Å²) >= 11 is 0. The first kappa shape index (κ1) is 24.5. The van der Waals surface area contributed by atoms with Crippen molar-refractivity contribution in [3.05, 3.63) is 90.9 Å². The predicted molar refractivity (Wildman–Crippen MR) is 143 cm³/mol. The average Bonchev–Trinajstić information content (AvgIpc) is 3.31. The first-order chi connectivity index (χ1) is 17.7. The monoisotopic (exact) mass is 513 g/mol. The number of benzene rings is 2. The fourth-order valence-corrected chi connectivity index (χ4v) is 5.26. The Labute approximate surface area is 215 Å². The Morgan fingerprint density at radius 2 is 1.59 bits per heavy atom. The Hall–Kier alpha value is -4.15. The summed E-state index contributed by atoms with van der Waals surface area (Å²) in [6.07, 6.45) is 4.53. The zero-order valence-corrected chi connectivity index (χ0v) is 21.6. The van der Waals surface area contributed by atoms with Crippen LogP contribution in [0.3, 0.4) is 0 Å². The van der Waals surface area contributed by atoms with Crippen molar-refractivity contribution in [3.63, 3.8) is 0 Å². The number of hydrogen-bond acceptors (Lipinski definition) is 7. The lowest BCUT2D eigenvalue weighted by Crippen LogP contribution is -2.40. The number of sulfonamides is 1. The molecular weight excluding hydrogens is 486 g/mol. The predicted octanol–water partition coefficient (Wildman–Crippen LogP) is 4.54. The van der Waals surface area contributed by atoms with E-state index in [4.69, 9.17) is 4.98 Å². The molecule has 0 atom stereocenters. The normalized spacial score (nSPS) is 12.1. The van der Waals surface area contributed by atoms with E-state index in [0.29, 0.717) is 12.4 Å². The van der Waals surface area contributed by atoms with Gasteiger partial charge >= 0.3 is 0 Å². The van der Waals surface area contributed by atoms with Crippen molar-refractivity contribution >= 4 is 21.4 Å². The number of nitrogens with one attached hydrogen (secondary N) is 2. The Morgan fingerprint density at radius 3 is 2.30 bits per heavy atom. The van der Waals surface area contributed by atoms with Crippen molar-refractivity contribution in [2.75, 3.05) is 5.32 Å². The second kappa shape index (κ2) is 9.72. The van der Waals surface area contributed by atoms with E-state index in [-0.39, 0.29) is 16.5 Å². The van der Waals surface area contributed by atoms with Crippen molar-refractivity contribution in [1.82, 2.24) is 29.3 Å². The molecule has 2 N–H and O–H groups in total. The van der Waals surface area contributed by atoms with Crippen LogP contribution in [0.25, 0.3) is 28.2 Å². The highest BCUT2D eigenvalue weighted by molar-refractivity contribution is 7.89. The summed E-state index contributed by atoms with van der Waals surface area (Å²) in [5.41, 5.74) is 3.48. The van der Waals surface area contributed by atoms with Gasteiger partial charge in [-0.15, -0.1) is 5.10 Å². The molecule has 0 saturated carbocycles. The SMILES string of the molecule is CC(C)(C)NS(=O)(=O)c1cncc(-c2nc(NCc3ccccc3)c3c(-c4ccccc4)ccn3n2)n1. The second-order valence-corrected chi connectivity index (χ2v) is 11.2. The average molecular weight is 514 g/mol. The molecule has 0 bridgehead atoms. The summed E-state index contributed by atoms with van der Waals surface area (Å²) in [6.45, 7) is 5.84. The molecule has 3 aromatic heterocycles. The molecule has 3 heterocycles. The van der Waals surface area contributed by atoms with Crippen molar-refractivity contribution < 1.29 is 8.42 Å². The number of fused-ring (bicyclic) bond motifs is 1. The summed E-state index contributed by atoms with van der Waals surface area (Å²) in [7, 11) is -3.88. The van der Waals surface area contributed by atoms with Crippen molar-refractivity contribution in [3.8, 4) is 22.6 Å². The van der Waals surface area contributed by atoms with Crippen LogP contribution in [0, 0.1) is 0 Å². The molecule has 0 aliphatic carbocycles. The van der Waals surface area contributed by atoms with Crippen LogP contribution in [-0.4, -0.2) is 38.5 Å². The molecule has 0 unspecified atom stereocenters. The van der Waals surface area contributed by atoms with Gasteiger partial charge in [0.05, 0.1) is 12.4 Å². The third-order valence-corrected chi connectivity index (χ3v) is 7.08. The number of anilines is 1. The molecule has 188 valence electrons. The molecule has 5 rings (SSSR count). The molecule has 0 spiro atoms. The van der Waals surface area contributed by atoms with Crippen LogP contribution in [-0.2, 0) is 16.6 Å². The Kier molecular flexibility index (Phi) is 6.45. The van der Waals surface area contributed by atoms with Crippen LogP contribution in [0.15, 0.2) is 90.3 Å². The van der Waals surface area contributed by atoms with Crippen LogP contribution in [0.2, 0.25) is 0 Å². The van der Waals surface area contributed by atoms with Crippen LogP contribution in [0.4, 0.5) is 5.82 Å². The highest BCUT2D eigenvalue weighted by atomic mass is 32.2. The highest BCUT2D eigenvalue weighted by Crippen LogP contribution is 2.31. The summed E-state index contributed by atoms with van der Waals surface area (Å²) in [4.78, 5) is 13.3. The van der Waals surface area contributed by atoms with Crippen LogP contribution >= 0.6 is 0 Å². The first-order valence-electron chi connectivity index (χ1n) is 11.8. The van der Waals surface area contributed by atoms with Crippen LogP contribution in [0.5, 0.6) is 0 Å². The smallest absolute Gasteiger partial charge is 0.260 e. The zero-order valence-electron chi connectivity index (χ0n) is 20.8. The molecule has 5 aromatic rings. The van der Waals surface area contributed by atoms with Crippen LogP contribution < -0.4 is 10.0 Å². The third-order valence-electron chi connectivity index (χ3n) is 5.46. The third kappa shape index (κ3) is 5.50. The van der Waals surface area contributed by atoms with Gasteiger partial charge in [-0.3, -0.25) is 4.98 Å². The summed E-state index contributed by atoms with van der Waals surface area (Å²) < 4.78 is 30.0. The zero-order chi connectivity index (χ0) is 26.0. The van der Waals surface area contributed by atoms with Gasteiger partial charge in [0, 0.05) is 23.8 Å². The molecule has 9 nitrogen and oxygen atoms in total. The first-order valence-corrected chi connectivity index (χ1v) is 13.3. The number of rotatable bonds is 7. The standard InChI is InChI=1S/C27H27N7O2S/c1-27(2,3)33-37(35,36)23-18-28-17-22(30-23)25-31-26(29-16-19-10-6-4-7-11-19)24-21(14-15-34(24)32-25)20-12-8-5-9-13-20/h4-15,17-18,33H,16H2,1-3H3,(H,29,31,32). The van der Waals surface area contributed by atoms with Gasteiger partial charge < -0.3 is 5.32 Å². The van der Waals surface area contributed by atoms with Crippen molar-refractivity contribution in [2.24, 2.45) is 0 Å². The van der Waals surface area contributed by atoms with E-state index in [1.54, 1.807) is 25.3 Å². The van der Waals surface area contributed by atoms with E-state index in [9.17, 15) is 8.42 Å². The van der Waals surface area contributed by atoms with E-state index < -0.39 is 15.6 Å². The molecule has 0 fully saturated rings. The van der Waals surface area contributed by atoms with Gasteiger partial charge in [0.25, 0.3) is 10.0 Å². The van der Waals surface area contributed by atoms with Crippen LogP contribution in [0.1, 0.15) is 26.3 Å². The van der Waals surface area contributed by atoms with E-state index in [0.717, 1.165) is 22.2 Å². The van der Waals surface area contributed by atoms with Crippen molar-refractivity contribution in [2.45, 2.75) is 37.9 Å². The lowest BCUT2D eigenvalue weighted by atomic mass is 10.1. The Balaban J connectivity index is 1.61. The molecule has 0 aliphatic heterocycles. The minimum absolute atomic E-state index is 0.195. The summed E-state index contributed by atoms with van der Waals surface area (Å²) in [5, 5.41) is 7.89. The van der Waals surface area contributed by atoms with Gasteiger partial charge in [-0.25, -0.2) is 27.6 Å². The number of nitrogens with zero attached hydrogens (tertiary/aromatic N) is 5. The Morgan fingerprint density at radius 1 is 0.892 bits per heavy atom. The van der Waals surface area contributed by atoms with Crippen molar-refractivity contribution in [1.29, 1.82) is 0 Å². The fraction of sp³-hybridized carbons (Fsp3) is 0.185. The second-order valence-electron chi connectivity index (χ2n) is 9.61. The molecule has 37 heavy (non-hydrogen) atoms. The minimum atomic E-state index is -3.88. The molecule has 2 aromatic carbocycles. The minimum Gasteiger partial charge on any atom is -0.364 e.